The van der Waals surface area contributed by atoms with Gasteiger partial charge in [-0.2, -0.15) is 0 Å². The number of hydrogen-bond acceptors (Lipinski definition) is 3. The number of ether oxygens (including phenoxy) is 1. The largest absolute Gasteiger partial charge is 0.373 e. The lowest BCUT2D eigenvalue weighted by Gasteiger charge is -2.38. The van der Waals surface area contributed by atoms with E-state index in [9.17, 15) is 9.59 Å². The van der Waals surface area contributed by atoms with Crippen molar-refractivity contribution in [2.45, 2.75) is 38.2 Å². The van der Waals surface area contributed by atoms with Crippen molar-refractivity contribution >= 4 is 11.8 Å². The summed E-state index contributed by atoms with van der Waals surface area (Å²) in [5.41, 5.74) is 6.36. The second kappa shape index (κ2) is 7.79. The van der Waals surface area contributed by atoms with Crippen molar-refractivity contribution in [2.75, 3.05) is 19.7 Å². The van der Waals surface area contributed by atoms with Gasteiger partial charge in [0.1, 0.15) is 0 Å². The highest BCUT2D eigenvalue weighted by atomic mass is 16.5. The van der Waals surface area contributed by atoms with E-state index < -0.39 is 0 Å². The summed E-state index contributed by atoms with van der Waals surface area (Å²) in [6.45, 7) is 2.15. The molecule has 0 saturated carbocycles. The lowest BCUT2D eigenvalue weighted by atomic mass is 9.86. The van der Waals surface area contributed by atoms with Crippen LogP contribution in [0, 0.1) is 11.8 Å². The van der Waals surface area contributed by atoms with E-state index in [1.807, 2.05) is 35.2 Å². The van der Waals surface area contributed by atoms with Crippen molar-refractivity contribution in [3.05, 3.63) is 35.9 Å². The van der Waals surface area contributed by atoms with Gasteiger partial charge in [0, 0.05) is 26.1 Å². The van der Waals surface area contributed by atoms with E-state index in [0.717, 1.165) is 44.3 Å². The van der Waals surface area contributed by atoms with E-state index >= 15 is 0 Å². The minimum atomic E-state index is -0.246. The summed E-state index contributed by atoms with van der Waals surface area (Å²) in [7, 11) is 0. The molecule has 1 aromatic carbocycles. The molecule has 2 aliphatic heterocycles. The highest BCUT2D eigenvalue weighted by Gasteiger charge is 2.36. The van der Waals surface area contributed by atoms with Gasteiger partial charge in [0.15, 0.2) is 0 Å². The van der Waals surface area contributed by atoms with Gasteiger partial charge in [-0.15, -0.1) is 0 Å². The second-order valence-electron chi connectivity index (χ2n) is 6.89. The van der Waals surface area contributed by atoms with Crippen LogP contribution in [-0.2, 0) is 14.3 Å². The molecule has 2 N–H and O–H groups in total. The molecule has 2 atom stereocenters. The smallest absolute Gasteiger partial charge is 0.228 e. The highest BCUT2D eigenvalue weighted by Crippen LogP contribution is 2.35. The maximum Gasteiger partial charge on any atom is 0.228 e. The first kappa shape index (κ1) is 17.0. The average molecular weight is 330 g/mol. The number of nitrogens with zero attached hydrogens (tertiary/aromatic N) is 1. The molecule has 0 unspecified atom stereocenters. The van der Waals surface area contributed by atoms with E-state index in [-0.39, 0.29) is 23.8 Å². The summed E-state index contributed by atoms with van der Waals surface area (Å²) in [6.07, 6.45) is 3.81. The van der Waals surface area contributed by atoms with Crippen LogP contribution in [0.3, 0.4) is 0 Å². The van der Waals surface area contributed by atoms with Gasteiger partial charge in [-0.05, 0) is 37.2 Å². The van der Waals surface area contributed by atoms with Crippen molar-refractivity contribution in [3.8, 4) is 0 Å². The Hall–Kier alpha value is -1.88. The monoisotopic (exact) mass is 330 g/mol. The molecule has 0 radical (unpaired) electrons. The topological polar surface area (TPSA) is 72.6 Å². The van der Waals surface area contributed by atoms with Gasteiger partial charge in [-0.3, -0.25) is 9.59 Å². The first-order valence-corrected chi connectivity index (χ1v) is 8.89. The molecule has 3 rings (SSSR count). The zero-order chi connectivity index (χ0) is 16.9. The highest BCUT2D eigenvalue weighted by molar-refractivity contribution is 5.80. The minimum absolute atomic E-state index is 0.103. The van der Waals surface area contributed by atoms with Crippen LogP contribution in [0.25, 0.3) is 0 Å². The Labute approximate surface area is 143 Å². The van der Waals surface area contributed by atoms with Crippen LogP contribution in [0.1, 0.15) is 43.8 Å². The molecule has 1 aromatic rings. The lowest BCUT2D eigenvalue weighted by Crippen LogP contribution is -2.45. The number of carbonyl (C=O) groups is 2. The minimum Gasteiger partial charge on any atom is -0.373 e. The van der Waals surface area contributed by atoms with E-state index in [1.165, 1.54) is 0 Å². The molecule has 5 nitrogen and oxygen atoms in total. The first-order chi connectivity index (χ1) is 11.6. The van der Waals surface area contributed by atoms with E-state index in [0.29, 0.717) is 18.9 Å². The summed E-state index contributed by atoms with van der Waals surface area (Å²) in [5.74, 6) is 0.165. The number of nitrogens with two attached hydrogens (primary N) is 1. The molecule has 0 spiro atoms. The summed E-state index contributed by atoms with van der Waals surface area (Å²) in [5, 5.41) is 0. The molecule has 2 saturated heterocycles. The molecule has 130 valence electrons. The number of primary amides is 1. The van der Waals surface area contributed by atoms with Crippen molar-refractivity contribution in [3.63, 3.8) is 0 Å². The van der Waals surface area contributed by atoms with Gasteiger partial charge in [-0.25, -0.2) is 0 Å². The molecule has 0 bridgehead atoms. The molecular formula is C19H26N2O3. The lowest BCUT2D eigenvalue weighted by molar-refractivity contribution is -0.147. The number of hydrogen-bond donors (Lipinski definition) is 1. The van der Waals surface area contributed by atoms with Crippen LogP contribution >= 0.6 is 0 Å². The number of rotatable bonds is 4. The number of likely N-dealkylation sites (tertiary alicyclic amines) is 1. The maximum atomic E-state index is 13.0. The van der Waals surface area contributed by atoms with Crippen molar-refractivity contribution in [2.24, 2.45) is 17.6 Å². The molecule has 24 heavy (non-hydrogen) atoms. The Morgan fingerprint density at radius 3 is 2.50 bits per heavy atom. The molecule has 2 aliphatic rings. The zero-order valence-electron chi connectivity index (χ0n) is 14.0. The Bertz CT molecular complexity index is 567. The van der Waals surface area contributed by atoms with Gasteiger partial charge >= 0.3 is 0 Å². The molecule has 5 heteroatoms. The third kappa shape index (κ3) is 3.96. The fourth-order valence-electron chi connectivity index (χ4n) is 3.88. The normalized spacial score (nSPS) is 25.4. The predicted molar refractivity (Wildman–Crippen MR) is 91.0 cm³/mol. The Kier molecular flexibility index (Phi) is 5.51. The van der Waals surface area contributed by atoms with Gasteiger partial charge in [-0.1, -0.05) is 30.3 Å². The van der Waals surface area contributed by atoms with E-state index in [1.54, 1.807) is 0 Å². The second-order valence-corrected chi connectivity index (χ2v) is 6.89. The van der Waals surface area contributed by atoms with Crippen LogP contribution in [0.5, 0.6) is 0 Å². The van der Waals surface area contributed by atoms with Gasteiger partial charge in [0.2, 0.25) is 11.8 Å². The van der Waals surface area contributed by atoms with Crippen LogP contribution in [0.2, 0.25) is 0 Å². The van der Waals surface area contributed by atoms with E-state index in [2.05, 4.69) is 0 Å². The summed E-state index contributed by atoms with van der Waals surface area (Å²) >= 11 is 0. The maximum absolute atomic E-state index is 13.0. The van der Waals surface area contributed by atoms with Crippen molar-refractivity contribution < 1.29 is 14.3 Å². The fourth-order valence-corrected chi connectivity index (χ4v) is 3.88. The van der Waals surface area contributed by atoms with Crippen LogP contribution < -0.4 is 5.73 Å². The number of carbonyl (C=O) groups excluding carboxylic acids is 2. The zero-order valence-corrected chi connectivity index (χ0v) is 14.0. The summed E-state index contributed by atoms with van der Waals surface area (Å²) in [6, 6.07) is 10.0. The van der Waals surface area contributed by atoms with Gasteiger partial charge in [0.25, 0.3) is 0 Å². The standard InChI is InChI=1S/C19H26N2O3/c20-17(22)13-14-8-10-21(11-9-14)19(23)16-7-4-12-24-18(16)15-5-2-1-3-6-15/h1-3,5-6,14,16,18H,4,7-13H2,(H2,20,22)/t16-,18-/m1/s1. The molecule has 0 aromatic heterocycles. The molecular weight excluding hydrogens is 304 g/mol. The Morgan fingerprint density at radius 1 is 1.12 bits per heavy atom. The third-order valence-electron chi connectivity index (χ3n) is 5.18. The number of amides is 2. The van der Waals surface area contributed by atoms with Crippen LogP contribution in [0.4, 0.5) is 0 Å². The van der Waals surface area contributed by atoms with Crippen molar-refractivity contribution in [1.29, 1.82) is 0 Å². The van der Waals surface area contributed by atoms with E-state index in [4.69, 9.17) is 10.5 Å². The average Bonchev–Trinajstić information content (AvgIpc) is 2.62. The number of piperidine rings is 1. The molecule has 2 amide bonds. The molecule has 2 fully saturated rings. The fraction of sp³-hybridized carbons (Fsp3) is 0.579. The third-order valence-corrected chi connectivity index (χ3v) is 5.18. The summed E-state index contributed by atoms with van der Waals surface area (Å²) < 4.78 is 5.95. The van der Waals surface area contributed by atoms with Crippen LogP contribution in [0.15, 0.2) is 30.3 Å². The Balaban J connectivity index is 1.64. The first-order valence-electron chi connectivity index (χ1n) is 8.89. The van der Waals surface area contributed by atoms with Crippen molar-refractivity contribution in [1.82, 2.24) is 4.90 Å². The van der Waals surface area contributed by atoms with Gasteiger partial charge in [0.05, 0.1) is 12.0 Å². The van der Waals surface area contributed by atoms with Gasteiger partial charge < -0.3 is 15.4 Å². The molecule has 2 heterocycles. The summed E-state index contributed by atoms with van der Waals surface area (Å²) in [4.78, 5) is 26.0. The SMILES string of the molecule is NC(=O)CC1CCN(C(=O)[C@@H]2CCCO[C@@H]2c2ccccc2)CC1. The quantitative estimate of drug-likeness (QED) is 0.920. The number of benzene rings is 1. The predicted octanol–water partition coefficient (Wildman–Crippen LogP) is 2.27. The molecule has 0 aliphatic carbocycles. The Morgan fingerprint density at radius 2 is 1.83 bits per heavy atom. The van der Waals surface area contributed by atoms with Crippen LogP contribution in [-0.4, -0.2) is 36.4 Å².